The van der Waals surface area contributed by atoms with Gasteiger partial charge in [-0.2, -0.15) is 0 Å². The Morgan fingerprint density at radius 2 is 1.66 bits per heavy atom. The Labute approximate surface area is 196 Å². The van der Waals surface area contributed by atoms with Gasteiger partial charge in [0.15, 0.2) is 5.78 Å². The van der Waals surface area contributed by atoms with Crippen LogP contribution in [0.5, 0.6) is 0 Å². The van der Waals surface area contributed by atoms with Crippen LogP contribution in [0.3, 0.4) is 0 Å². The number of carbonyl (C=O) groups is 3. The van der Waals surface area contributed by atoms with Gasteiger partial charge in [-0.05, 0) is 63.1 Å². The van der Waals surface area contributed by atoms with E-state index in [0.717, 1.165) is 0 Å². The van der Waals surface area contributed by atoms with Gasteiger partial charge in [-0.15, -0.1) is 0 Å². The average Bonchev–Trinajstić information content (AvgIpc) is 2.70. The summed E-state index contributed by atoms with van der Waals surface area (Å²) in [6.07, 6.45) is 0. The molecule has 1 unspecified atom stereocenters. The first kappa shape index (κ1) is 23.8. The van der Waals surface area contributed by atoms with Gasteiger partial charge >= 0.3 is 5.97 Å². The van der Waals surface area contributed by atoms with Crippen LogP contribution in [0.15, 0.2) is 48.0 Å². The number of ketones is 1. The number of aliphatic hydroxyl groups is 1. The lowest BCUT2D eigenvalue weighted by Gasteiger charge is -2.35. The van der Waals surface area contributed by atoms with Crippen LogP contribution in [0.4, 0.5) is 0 Å². The Bertz CT molecular complexity index is 1130. The third-order valence-corrected chi connectivity index (χ3v) is 5.64. The van der Waals surface area contributed by atoms with Crippen LogP contribution in [0.25, 0.3) is 5.76 Å². The molecule has 0 saturated carbocycles. The maximum Gasteiger partial charge on any atom is 0.325 e. The van der Waals surface area contributed by atoms with Crippen molar-refractivity contribution in [1.82, 2.24) is 5.32 Å². The van der Waals surface area contributed by atoms with Crippen LogP contribution < -0.4 is 5.32 Å². The van der Waals surface area contributed by atoms with Gasteiger partial charge in [-0.1, -0.05) is 41.4 Å². The minimum absolute atomic E-state index is 0.261. The van der Waals surface area contributed by atoms with Crippen LogP contribution >= 0.6 is 23.2 Å². The molecular weight excluding hydrogens is 453 g/mol. The van der Waals surface area contributed by atoms with E-state index in [1.807, 2.05) is 0 Å². The first-order chi connectivity index (χ1) is 14.8. The molecule has 3 rings (SSSR count). The number of hydrogen-bond acceptors (Lipinski definition) is 5. The van der Waals surface area contributed by atoms with Gasteiger partial charge in [0.05, 0.1) is 5.41 Å². The van der Waals surface area contributed by atoms with Gasteiger partial charge in [-0.3, -0.25) is 14.4 Å². The van der Waals surface area contributed by atoms with Crippen molar-refractivity contribution in [3.8, 4) is 0 Å². The van der Waals surface area contributed by atoms with Crippen molar-refractivity contribution in [2.24, 2.45) is 0 Å². The van der Waals surface area contributed by atoms with Crippen LogP contribution in [0.1, 0.15) is 44.4 Å². The van der Waals surface area contributed by atoms with Gasteiger partial charge in [0.25, 0.3) is 5.91 Å². The number of hydrogen-bond donors (Lipinski definition) is 2. The molecule has 1 amide bonds. The van der Waals surface area contributed by atoms with Crippen LogP contribution in [0.2, 0.25) is 10.0 Å². The molecule has 0 spiro atoms. The zero-order chi connectivity index (χ0) is 23.8. The number of ether oxygens (including phenoxy) is 1. The standard InChI is InChI=1S/C24H23Cl2NO5/c1-23(2,3)32-18(28)12-27-22(31)19-20(29)16-11-15(26)9-10-17(16)24(4,21(19)30)13-5-7-14(25)8-6-13/h5-11,29H,12H2,1-4H3,(H,27,31). The van der Waals surface area contributed by atoms with Crippen molar-refractivity contribution >= 4 is 46.6 Å². The molecule has 168 valence electrons. The minimum atomic E-state index is -1.30. The van der Waals surface area contributed by atoms with Crippen molar-refractivity contribution in [3.05, 3.63) is 74.8 Å². The summed E-state index contributed by atoms with van der Waals surface area (Å²) in [5, 5.41) is 14.1. The lowest BCUT2D eigenvalue weighted by atomic mass is 9.66. The summed E-state index contributed by atoms with van der Waals surface area (Å²) in [5.41, 5.74) is -1.14. The minimum Gasteiger partial charge on any atom is -0.506 e. The molecule has 1 aliphatic carbocycles. The van der Waals surface area contributed by atoms with Crippen molar-refractivity contribution in [2.75, 3.05) is 6.54 Å². The van der Waals surface area contributed by atoms with Crippen molar-refractivity contribution in [2.45, 2.75) is 38.7 Å². The SMILES string of the molecule is CC(C)(C)OC(=O)CNC(=O)C1=C(O)c2cc(Cl)ccc2C(C)(c2ccc(Cl)cc2)C1=O. The Kier molecular flexibility index (Phi) is 6.40. The predicted molar refractivity (Wildman–Crippen MR) is 123 cm³/mol. The molecule has 32 heavy (non-hydrogen) atoms. The molecule has 2 aromatic carbocycles. The molecule has 0 bridgehead atoms. The topological polar surface area (TPSA) is 92.7 Å². The number of rotatable bonds is 4. The van der Waals surface area contributed by atoms with Crippen LogP contribution in [0, 0.1) is 0 Å². The number of aliphatic hydroxyl groups excluding tert-OH is 1. The number of fused-ring (bicyclic) bond motifs is 1. The fourth-order valence-corrected chi connectivity index (χ4v) is 3.96. The Morgan fingerprint density at radius 3 is 2.25 bits per heavy atom. The van der Waals surface area contributed by atoms with E-state index in [1.165, 1.54) is 6.07 Å². The van der Waals surface area contributed by atoms with E-state index >= 15 is 0 Å². The lowest BCUT2D eigenvalue weighted by Crippen LogP contribution is -2.45. The molecule has 8 heteroatoms. The second-order valence-corrected chi connectivity index (χ2v) is 9.52. The molecule has 2 aromatic rings. The lowest BCUT2D eigenvalue weighted by molar-refractivity contribution is -0.154. The number of benzene rings is 2. The molecule has 0 aliphatic heterocycles. The summed E-state index contributed by atoms with van der Waals surface area (Å²) in [6.45, 7) is 6.30. The Morgan fingerprint density at radius 1 is 1.06 bits per heavy atom. The van der Waals surface area contributed by atoms with E-state index in [9.17, 15) is 19.5 Å². The van der Waals surface area contributed by atoms with Gasteiger partial charge in [0.1, 0.15) is 23.5 Å². The van der Waals surface area contributed by atoms with Gasteiger partial charge in [-0.25, -0.2) is 0 Å². The molecule has 1 aliphatic rings. The summed E-state index contributed by atoms with van der Waals surface area (Å²) in [4.78, 5) is 38.6. The van der Waals surface area contributed by atoms with Crippen molar-refractivity contribution in [1.29, 1.82) is 0 Å². The first-order valence-electron chi connectivity index (χ1n) is 9.89. The fourth-order valence-electron chi connectivity index (χ4n) is 3.66. The third kappa shape index (κ3) is 4.52. The van der Waals surface area contributed by atoms with Crippen LogP contribution in [-0.4, -0.2) is 34.9 Å². The van der Waals surface area contributed by atoms with Gasteiger partial charge < -0.3 is 15.2 Å². The van der Waals surface area contributed by atoms with E-state index in [4.69, 9.17) is 27.9 Å². The molecule has 0 radical (unpaired) electrons. The predicted octanol–water partition coefficient (Wildman–Crippen LogP) is 4.61. The molecule has 0 heterocycles. The van der Waals surface area contributed by atoms with E-state index in [-0.39, 0.29) is 5.56 Å². The number of Topliss-reactive ketones (excluding diaryl/α,β-unsaturated/α-hetero) is 1. The highest BCUT2D eigenvalue weighted by atomic mass is 35.5. The zero-order valence-electron chi connectivity index (χ0n) is 18.1. The second kappa shape index (κ2) is 8.60. The van der Waals surface area contributed by atoms with Crippen LogP contribution in [-0.2, 0) is 24.5 Å². The van der Waals surface area contributed by atoms with Crippen molar-refractivity contribution in [3.63, 3.8) is 0 Å². The van der Waals surface area contributed by atoms with Gasteiger partial charge in [0, 0.05) is 15.6 Å². The monoisotopic (exact) mass is 475 g/mol. The molecular formula is C24H23Cl2NO5. The first-order valence-corrected chi connectivity index (χ1v) is 10.6. The zero-order valence-corrected chi connectivity index (χ0v) is 19.6. The van der Waals surface area contributed by atoms with Crippen molar-refractivity contribution < 1.29 is 24.2 Å². The molecule has 0 aromatic heterocycles. The number of esters is 1. The van der Waals surface area contributed by atoms with Gasteiger partial charge in [0.2, 0.25) is 0 Å². The smallest absolute Gasteiger partial charge is 0.325 e. The fraction of sp³-hybridized carbons (Fsp3) is 0.292. The Hall–Kier alpha value is -2.83. The average molecular weight is 476 g/mol. The quantitative estimate of drug-likeness (QED) is 0.497. The normalized spacial score (nSPS) is 18.2. The number of carbonyl (C=O) groups excluding carboxylic acids is 3. The second-order valence-electron chi connectivity index (χ2n) is 8.64. The molecule has 0 fully saturated rings. The summed E-state index contributed by atoms with van der Waals surface area (Å²) in [7, 11) is 0. The maximum atomic E-state index is 13.6. The summed E-state index contributed by atoms with van der Waals surface area (Å²) >= 11 is 12.1. The number of amides is 1. The summed E-state index contributed by atoms with van der Waals surface area (Å²) in [5.74, 6) is -2.67. The summed E-state index contributed by atoms with van der Waals surface area (Å²) < 4.78 is 5.18. The number of halogens is 2. The van der Waals surface area contributed by atoms with E-state index in [0.29, 0.717) is 21.2 Å². The Balaban J connectivity index is 2.05. The molecule has 2 N–H and O–H groups in total. The number of nitrogens with one attached hydrogen (secondary N) is 1. The highest BCUT2D eigenvalue weighted by molar-refractivity contribution is 6.32. The molecule has 1 atom stereocenters. The highest BCUT2D eigenvalue weighted by Gasteiger charge is 2.47. The molecule has 6 nitrogen and oxygen atoms in total. The maximum absolute atomic E-state index is 13.6. The van der Waals surface area contributed by atoms with E-state index in [1.54, 1.807) is 64.1 Å². The highest BCUT2D eigenvalue weighted by Crippen LogP contribution is 2.44. The van der Waals surface area contributed by atoms with E-state index < -0.39 is 46.6 Å². The van der Waals surface area contributed by atoms with E-state index in [2.05, 4.69) is 5.32 Å². The summed E-state index contributed by atoms with van der Waals surface area (Å²) in [6, 6.07) is 11.4. The molecule has 0 saturated heterocycles. The largest absolute Gasteiger partial charge is 0.506 e. The third-order valence-electron chi connectivity index (χ3n) is 5.16.